The van der Waals surface area contributed by atoms with Crippen molar-refractivity contribution in [1.82, 2.24) is 5.43 Å². The lowest BCUT2D eigenvalue weighted by molar-refractivity contribution is -0.124. The van der Waals surface area contributed by atoms with Gasteiger partial charge in [0.1, 0.15) is 17.2 Å². The van der Waals surface area contributed by atoms with Gasteiger partial charge in [0.05, 0.1) is 50.5 Å². The lowest BCUT2D eigenvalue weighted by atomic mass is 10.1. The van der Waals surface area contributed by atoms with Crippen LogP contribution in [0.3, 0.4) is 0 Å². The van der Waals surface area contributed by atoms with Crippen LogP contribution in [0.15, 0.2) is 17.2 Å². The van der Waals surface area contributed by atoms with Crippen molar-refractivity contribution in [3.8, 4) is 17.2 Å². The average Bonchev–Trinajstić information content (AvgIpc) is 2.94. The van der Waals surface area contributed by atoms with Crippen molar-refractivity contribution in [2.45, 2.75) is 6.42 Å². The fourth-order valence-electron chi connectivity index (χ4n) is 2.41. The van der Waals surface area contributed by atoms with Crippen molar-refractivity contribution in [3.05, 3.63) is 17.7 Å². The van der Waals surface area contributed by atoms with Crippen LogP contribution in [0.1, 0.15) is 12.0 Å². The van der Waals surface area contributed by atoms with E-state index in [4.69, 9.17) is 14.2 Å². The van der Waals surface area contributed by atoms with Gasteiger partial charge in [0.2, 0.25) is 5.91 Å². The molecular weight excluding hydrogens is 336 g/mol. The molecule has 1 saturated heterocycles. The number of carbonyl (C=O) groups is 1. The lowest BCUT2D eigenvalue weighted by Crippen LogP contribution is -2.27. The summed E-state index contributed by atoms with van der Waals surface area (Å²) in [6.45, 7) is 0. The molecule has 9 heteroatoms. The van der Waals surface area contributed by atoms with Crippen LogP contribution >= 0.6 is 0 Å². The minimum Gasteiger partial charge on any atom is -0.496 e. The van der Waals surface area contributed by atoms with Gasteiger partial charge in [-0.2, -0.15) is 5.10 Å². The monoisotopic (exact) mass is 356 g/mol. The quantitative estimate of drug-likeness (QED) is 0.591. The highest BCUT2D eigenvalue weighted by Gasteiger charge is 2.32. The van der Waals surface area contributed by atoms with Gasteiger partial charge in [-0.25, -0.2) is 13.8 Å². The van der Waals surface area contributed by atoms with Gasteiger partial charge in [0.25, 0.3) is 0 Å². The van der Waals surface area contributed by atoms with E-state index in [9.17, 15) is 13.2 Å². The molecule has 1 heterocycles. The molecule has 0 unspecified atom stereocenters. The van der Waals surface area contributed by atoms with Crippen LogP contribution < -0.4 is 19.6 Å². The van der Waals surface area contributed by atoms with Gasteiger partial charge in [0, 0.05) is 12.1 Å². The van der Waals surface area contributed by atoms with Gasteiger partial charge in [-0.05, 0) is 6.42 Å². The molecule has 1 amide bonds. The van der Waals surface area contributed by atoms with Gasteiger partial charge < -0.3 is 14.2 Å². The molecule has 1 aliphatic rings. The maximum absolute atomic E-state index is 12.0. The third-order valence-corrected chi connectivity index (χ3v) is 5.49. The van der Waals surface area contributed by atoms with Crippen molar-refractivity contribution in [1.29, 1.82) is 0 Å². The number of hydrazone groups is 1. The third kappa shape index (κ3) is 4.16. The summed E-state index contributed by atoms with van der Waals surface area (Å²) in [6.07, 6.45) is 1.71. The van der Waals surface area contributed by atoms with Crippen molar-refractivity contribution in [2.75, 3.05) is 32.8 Å². The Kier molecular flexibility index (Phi) is 5.66. The minimum absolute atomic E-state index is 0.0366. The highest BCUT2D eigenvalue weighted by molar-refractivity contribution is 7.91. The molecule has 8 nitrogen and oxygen atoms in total. The van der Waals surface area contributed by atoms with Crippen LogP contribution in [0.2, 0.25) is 0 Å². The van der Waals surface area contributed by atoms with E-state index in [1.54, 1.807) is 12.1 Å². The highest BCUT2D eigenvalue weighted by Crippen LogP contribution is 2.32. The summed E-state index contributed by atoms with van der Waals surface area (Å²) in [6, 6.07) is 3.32. The van der Waals surface area contributed by atoms with Crippen molar-refractivity contribution < 1.29 is 27.4 Å². The second kappa shape index (κ2) is 7.52. The van der Waals surface area contributed by atoms with Gasteiger partial charge in [-0.15, -0.1) is 0 Å². The number of amides is 1. The predicted molar refractivity (Wildman–Crippen MR) is 88.6 cm³/mol. The molecule has 0 radical (unpaired) electrons. The molecule has 24 heavy (non-hydrogen) atoms. The van der Waals surface area contributed by atoms with Crippen molar-refractivity contribution in [3.63, 3.8) is 0 Å². The van der Waals surface area contributed by atoms with Crippen LogP contribution in [-0.4, -0.2) is 53.4 Å². The molecule has 0 saturated carbocycles. The number of ether oxygens (including phenoxy) is 3. The van der Waals surface area contributed by atoms with E-state index in [-0.39, 0.29) is 11.5 Å². The average molecular weight is 356 g/mol. The molecule has 1 aliphatic heterocycles. The van der Waals surface area contributed by atoms with Crippen molar-refractivity contribution >= 4 is 22.0 Å². The molecule has 1 atom stereocenters. The van der Waals surface area contributed by atoms with E-state index in [2.05, 4.69) is 10.5 Å². The molecule has 1 fully saturated rings. The summed E-state index contributed by atoms with van der Waals surface area (Å²) in [5, 5.41) is 3.89. The molecule has 132 valence electrons. The molecule has 0 bridgehead atoms. The van der Waals surface area contributed by atoms with E-state index < -0.39 is 21.7 Å². The van der Waals surface area contributed by atoms with Crippen LogP contribution in [0, 0.1) is 5.92 Å². The van der Waals surface area contributed by atoms with E-state index >= 15 is 0 Å². The Balaban J connectivity index is 2.12. The van der Waals surface area contributed by atoms with Gasteiger partial charge in [-0.3, -0.25) is 4.79 Å². The number of nitrogens with zero attached hydrogens (tertiary/aromatic N) is 1. The first-order valence-corrected chi connectivity index (χ1v) is 9.05. The molecule has 2 rings (SSSR count). The zero-order valence-electron chi connectivity index (χ0n) is 13.7. The van der Waals surface area contributed by atoms with E-state index in [0.717, 1.165) is 0 Å². The van der Waals surface area contributed by atoms with Crippen LogP contribution in [0.25, 0.3) is 0 Å². The summed E-state index contributed by atoms with van der Waals surface area (Å²) in [7, 11) is 1.40. The maximum atomic E-state index is 12.0. The number of hydrogen-bond donors (Lipinski definition) is 1. The number of rotatable bonds is 6. The number of sulfone groups is 1. The van der Waals surface area contributed by atoms with Crippen LogP contribution in [0.5, 0.6) is 17.2 Å². The summed E-state index contributed by atoms with van der Waals surface area (Å²) in [4.78, 5) is 12.0. The van der Waals surface area contributed by atoms with Crippen LogP contribution in [-0.2, 0) is 14.6 Å². The SMILES string of the molecule is COc1cc(OC)c(/C=N\NC(=O)[C@@H]2CCS(=O)(=O)C2)c(OC)c1. The summed E-state index contributed by atoms with van der Waals surface area (Å²) < 4.78 is 38.5. The summed E-state index contributed by atoms with van der Waals surface area (Å²) in [5.74, 6) is 0.408. The van der Waals surface area contributed by atoms with Gasteiger partial charge >= 0.3 is 0 Å². The van der Waals surface area contributed by atoms with Crippen LogP contribution in [0.4, 0.5) is 0 Å². The number of nitrogens with one attached hydrogen (secondary N) is 1. The van der Waals surface area contributed by atoms with Gasteiger partial charge in [-0.1, -0.05) is 0 Å². The molecule has 0 aliphatic carbocycles. The smallest absolute Gasteiger partial charge is 0.244 e. The number of methoxy groups -OCH3 is 3. The molecule has 1 aromatic rings. The topological polar surface area (TPSA) is 103 Å². The molecular formula is C15H20N2O6S. The van der Waals surface area contributed by atoms with Gasteiger partial charge in [0.15, 0.2) is 9.84 Å². The Bertz CT molecular complexity index is 719. The zero-order valence-corrected chi connectivity index (χ0v) is 14.6. The standard InChI is InChI=1S/C15H20N2O6S/c1-21-11-6-13(22-2)12(14(7-11)23-3)8-16-17-15(18)10-4-5-24(19,20)9-10/h6-8,10H,4-5,9H2,1-3H3,(H,17,18)/b16-8-/t10-/m1/s1. The Morgan fingerprint density at radius 3 is 2.29 bits per heavy atom. The second-order valence-electron chi connectivity index (χ2n) is 5.28. The first kappa shape index (κ1) is 18.1. The van der Waals surface area contributed by atoms with E-state index in [0.29, 0.717) is 29.2 Å². The van der Waals surface area contributed by atoms with Crippen molar-refractivity contribution in [2.24, 2.45) is 11.0 Å². The predicted octanol–water partition coefficient (Wildman–Crippen LogP) is 0.597. The number of benzene rings is 1. The minimum atomic E-state index is -3.11. The Morgan fingerprint density at radius 1 is 1.21 bits per heavy atom. The fourth-order valence-corrected chi connectivity index (χ4v) is 4.15. The normalized spacial score (nSPS) is 19.2. The number of carbonyl (C=O) groups excluding carboxylic acids is 1. The van der Waals surface area contributed by atoms with E-state index in [1.807, 2.05) is 0 Å². The maximum Gasteiger partial charge on any atom is 0.244 e. The molecule has 0 aromatic heterocycles. The molecule has 1 aromatic carbocycles. The Morgan fingerprint density at radius 2 is 1.83 bits per heavy atom. The second-order valence-corrected chi connectivity index (χ2v) is 7.51. The first-order valence-electron chi connectivity index (χ1n) is 7.23. The fraction of sp³-hybridized carbons (Fsp3) is 0.467. The molecule has 0 spiro atoms. The summed E-state index contributed by atoms with van der Waals surface area (Å²) >= 11 is 0. The Hall–Kier alpha value is -2.29. The zero-order chi connectivity index (χ0) is 17.7. The largest absolute Gasteiger partial charge is 0.496 e. The summed E-state index contributed by atoms with van der Waals surface area (Å²) in [5.41, 5.74) is 2.89. The highest BCUT2D eigenvalue weighted by atomic mass is 32.2. The first-order chi connectivity index (χ1) is 11.4. The lowest BCUT2D eigenvalue weighted by Gasteiger charge is -2.12. The molecule has 1 N–H and O–H groups in total. The van der Waals surface area contributed by atoms with E-state index in [1.165, 1.54) is 27.5 Å². The third-order valence-electron chi connectivity index (χ3n) is 3.72. The number of hydrogen-bond acceptors (Lipinski definition) is 7. The Labute approximate surface area is 140 Å².